The molecular formula is C11H22BNO4. The second-order valence-corrected chi connectivity index (χ2v) is 5.78. The molecule has 1 rings (SSSR count). The van der Waals surface area contributed by atoms with E-state index in [-0.39, 0.29) is 11.9 Å². The van der Waals surface area contributed by atoms with Gasteiger partial charge in [-0.3, -0.25) is 0 Å². The molecular weight excluding hydrogens is 221 g/mol. The first-order valence-electron chi connectivity index (χ1n) is 6.10. The Morgan fingerprint density at radius 3 is 2.35 bits per heavy atom. The highest BCUT2D eigenvalue weighted by Crippen LogP contribution is 2.36. The zero-order chi connectivity index (χ0) is 13.1. The van der Waals surface area contributed by atoms with Crippen molar-refractivity contribution in [2.45, 2.75) is 63.9 Å². The van der Waals surface area contributed by atoms with Gasteiger partial charge in [0.15, 0.2) is 0 Å². The molecule has 0 bridgehead atoms. The number of carbonyl (C=O) groups excluding carboxylic acids is 1. The van der Waals surface area contributed by atoms with Crippen LogP contribution in [-0.2, 0) is 4.74 Å². The number of alkyl carbamates (subject to hydrolysis) is 1. The average Bonchev–Trinajstić information content (AvgIpc) is 2.05. The normalized spacial score (nSPS) is 18.2. The lowest BCUT2D eigenvalue weighted by atomic mass is 9.68. The molecule has 1 aliphatic carbocycles. The molecule has 1 fully saturated rings. The van der Waals surface area contributed by atoms with Gasteiger partial charge < -0.3 is 20.1 Å². The van der Waals surface area contributed by atoms with Crippen molar-refractivity contribution in [2.75, 3.05) is 0 Å². The zero-order valence-corrected chi connectivity index (χ0v) is 10.8. The fourth-order valence-corrected chi connectivity index (χ4v) is 1.97. The molecule has 5 nitrogen and oxygen atoms in total. The van der Waals surface area contributed by atoms with E-state index >= 15 is 0 Å². The Balaban J connectivity index is 2.43. The fraction of sp³-hybridized carbons (Fsp3) is 0.909. The number of rotatable bonds is 4. The topological polar surface area (TPSA) is 78.8 Å². The summed E-state index contributed by atoms with van der Waals surface area (Å²) >= 11 is 0. The molecule has 6 heteroatoms. The maximum absolute atomic E-state index is 11.7. The van der Waals surface area contributed by atoms with E-state index in [0.29, 0.717) is 6.42 Å². The van der Waals surface area contributed by atoms with E-state index in [1.54, 1.807) is 0 Å². The number of hydrogen-bond acceptors (Lipinski definition) is 4. The summed E-state index contributed by atoms with van der Waals surface area (Å²) < 4.78 is 5.20. The summed E-state index contributed by atoms with van der Waals surface area (Å²) in [6, 6.07) is 0. The molecule has 0 spiro atoms. The minimum absolute atomic E-state index is 0.274. The van der Waals surface area contributed by atoms with Gasteiger partial charge in [0.05, 0.1) is 0 Å². The molecule has 0 radical (unpaired) electrons. The van der Waals surface area contributed by atoms with E-state index in [1.165, 1.54) is 0 Å². The van der Waals surface area contributed by atoms with Crippen LogP contribution in [-0.4, -0.2) is 34.4 Å². The Bertz CT molecular complexity index is 271. The number of carbonyl (C=O) groups is 1. The van der Waals surface area contributed by atoms with Crippen LogP contribution in [0.4, 0.5) is 4.79 Å². The molecule has 0 unspecified atom stereocenters. The Hall–Kier alpha value is -0.745. The van der Waals surface area contributed by atoms with Crippen LogP contribution < -0.4 is 5.32 Å². The average molecular weight is 243 g/mol. The van der Waals surface area contributed by atoms with Gasteiger partial charge in [0, 0.05) is 5.54 Å². The quantitative estimate of drug-likeness (QED) is 0.650. The lowest BCUT2D eigenvalue weighted by Gasteiger charge is -2.42. The van der Waals surface area contributed by atoms with Crippen molar-refractivity contribution in [3.8, 4) is 0 Å². The Kier molecular flexibility index (Phi) is 4.44. The highest BCUT2D eigenvalue weighted by molar-refractivity contribution is 6.40. The van der Waals surface area contributed by atoms with Crippen LogP contribution in [0.1, 0.15) is 46.5 Å². The Labute approximate surface area is 103 Å². The Morgan fingerprint density at radius 1 is 1.41 bits per heavy atom. The first kappa shape index (κ1) is 14.3. The summed E-state index contributed by atoms with van der Waals surface area (Å²) in [6.07, 6.45) is 3.22. The first-order chi connectivity index (χ1) is 7.72. The van der Waals surface area contributed by atoms with Crippen LogP contribution in [0.15, 0.2) is 0 Å². The van der Waals surface area contributed by atoms with Gasteiger partial charge in [-0.1, -0.05) is 0 Å². The van der Waals surface area contributed by atoms with Crippen molar-refractivity contribution in [2.24, 2.45) is 0 Å². The molecule has 1 saturated carbocycles. The maximum atomic E-state index is 11.7. The number of amides is 1. The van der Waals surface area contributed by atoms with Gasteiger partial charge in [0.1, 0.15) is 5.60 Å². The minimum Gasteiger partial charge on any atom is -0.444 e. The van der Waals surface area contributed by atoms with Crippen molar-refractivity contribution >= 4 is 13.2 Å². The van der Waals surface area contributed by atoms with Crippen LogP contribution in [0.25, 0.3) is 0 Å². The molecule has 0 saturated heterocycles. The molecule has 0 aromatic rings. The van der Waals surface area contributed by atoms with E-state index in [4.69, 9.17) is 14.8 Å². The monoisotopic (exact) mass is 243 g/mol. The molecule has 0 aliphatic heterocycles. The van der Waals surface area contributed by atoms with E-state index < -0.39 is 18.8 Å². The molecule has 17 heavy (non-hydrogen) atoms. The fourth-order valence-electron chi connectivity index (χ4n) is 1.97. The zero-order valence-electron chi connectivity index (χ0n) is 10.8. The third-order valence-electron chi connectivity index (χ3n) is 2.96. The van der Waals surface area contributed by atoms with Crippen LogP contribution in [0.3, 0.4) is 0 Å². The third-order valence-corrected chi connectivity index (χ3v) is 2.96. The van der Waals surface area contributed by atoms with Crippen molar-refractivity contribution in [3.05, 3.63) is 0 Å². The summed E-state index contributed by atoms with van der Waals surface area (Å²) in [5.74, 6) is 0. The third kappa shape index (κ3) is 4.96. The maximum Gasteiger partial charge on any atom is 0.451 e. The van der Waals surface area contributed by atoms with Crippen molar-refractivity contribution in [1.29, 1.82) is 0 Å². The molecule has 1 aliphatic rings. The summed E-state index contributed by atoms with van der Waals surface area (Å²) in [5.41, 5.74) is -0.808. The standard InChI is InChI=1S/C11H22BNO4/c1-10(2,3)17-9(14)13-11(5-4-6-11)7-8-12(15)16/h15-16H,4-8H2,1-3H3,(H,13,14). The second-order valence-electron chi connectivity index (χ2n) is 5.78. The SMILES string of the molecule is CC(C)(C)OC(=O)NC1(CCB(O)O)CCC1. The molecule has 0 atom stereocenters. The van der Waals surface area contributed by atoms with Gasteiger partial charge in [-0.25, -0.2) is 4.79 Å². The van der Waals surface area contributed by atoms with Crippen molar-refractivity contribution < 1.29 is 19.6 Å². The molecule has 0 heterocycles. The molecule has 1 amide bonds. The highest BCUT2D eigenvalue weighted by atomic mass is 16.6. The van der Waals surface area contributed by atoms with Gasteiger partial charge in [0.25, 0.3) is 0 Å². The van der Waals surface area contributed by atoms with Gasteiger partial charge in [-0.15, -0.1) is 0 Å². The van der Waals surface area contributed by atoms with Gasteiger partial charge in [0.2, 0.25) is 0 Å². The van der Waals surface area contributed by atoms with E-state index in [9.17, 15) is 4.79 Å². The minimum atomic E-state index is -1.31. The summed E-state index contributed by atoms with van der Waals surface area (Å²) in [7, 11) is -1.31. The lowest BCUT2D eigenvalue weighted by Crippen LogP contribution is -2.54. The largest absolute Gasteiger partial charge is 0.451 e. The van der Waals surface area contributed by atoms with Crippen LogP contribution in [0.2, 0.25) is 6.32 Å². The van der Waals surface area contributed by atoms with Crippen molar-refractivity contribution in [1.82, 2.24) is 5.32 Å². The van der Waals surface area contributed by atoms with E-state index in [0.717, 1.165) is 19.3 Å². The van der Waals surface area contributed by atoms with Crippen LogP contribution >= 0.6 is 0 Å². The number of nitrogens with one attached hydrogen (secondary N) is 1. The van der Waals surface area contributed by atoms with Crippen LogP contribution in [0.5, 0.6) is 0 Å². The summed E-state index contributed by atoms with van der Waals surface area (Å²) in [4.78, 5) is 11.7. The summed E-state index contributed by atoms with van der Waals surface area (Å²) in [5, 5.41) is 20.6. The smallest absolute Gasteiger partial charge is 0.444 e. The van der Waals surface area contributed by atoms with E-state index in [1.807, 2.05) is 20.8 Å². The first-order valence-corrected chi connectivity index (χ1v) is 6.10. The molecule has 3 N–H and O–H groups in total. The number of hydrogen-bond donors (Lipinski definition) is 3. The molecule has 98 valence electrons. The van der Waals surface area contributed by atoms with Gasteiger partial charge in [-0.2, -0.15) is 0 Å². The molecule has 0 aromatic carbocycles. The van der Waals surface area contributed by atoms with E-state index in [2.05, 4.69) is 5.32 Å². The van der Waals surface area contributed by atoms with Crippen molar-refractivity contribution in [3.63, 3.8) is 0 Å². The second kappa shape index (κ2) is 5.27. The predicted octanol–water partition coefficient (Wildman–Crippen LogP) is 1.30. The summed E-state index contributed by atoms with van der Waals surface area (Å²) in [6.45, 7) is 5.45. The van der Waals surface area contributed by atoms with Gasteiger partial charge >= 0.3 is 13.2 Å². The lowest BCUT2D eigenvalue weighted by molar-refractivity contribution is 0.0375. The Morgan fingerprint density at radius 2 is 2.00 bits per heavy atom. The molecule has 0 aromatic heterocycles. The van der Waals surface area contributed by atoms with Gasteiger partial charge in [-0.05, 0) is 52.8 Å². The number of ether oxygens (including phenoxy) is 1. The predicted molar refractivity (Wildman–Crippen MR) is 65.6 cm³/mol. The highest BCUT2D eigenvalue weighted by Gasteiger charge is 2.39. The van der Waals surface area contributed by atoms with Crippen LogP contribution in [0, 0.1) is 0 Å².